The normalized spacial score (nSPS) is 12.4. The van der Waals surface area contributed by atoms with Crippen molar-refractivity contribution >= 4 is 28.2 Å². The zero-order valence-corrected chi connectivity index (χ0v) is 15.9. The van der Waals surface area contributed by atoms with Crippen LogP contribution in [0.5, 0.6) is 0 Å². The Hall–Kier alpha value is -2.93. The number of nitrogens with zero attached hydrogens (tertiary/aromatic N) is 2. The molecule has 1 unspecified atom stereocenters. The first-order valence-electron chi connectivity index (χ1n) is 8.74. The summed E-state index contributed by atoms with van der Waals surface area (Å²) >= 11 is 1.57. The Morgan fingerprint density at radius 2 is 2.15 bits per heavy atom. The topological polar surface area (TPSA) is 81.2 Å². The molecule has 0 bridgehead atoms. The Morgan fingerprint density at radius 1 is 1.30 bits per heavy atom. The van der Waals surface area contributed by atoms with E-state index in [1.165, 1.54) is 0 Å². The number of amides is 1. The van der Waals surface area contributed by atoms with Crippen molar-refractivity contribution in [3.05, 3.63) is 58.3 Å². The molecule has 27 heavy (non-hydrogen) atoms. The highest BCUT2D eigenvalue weighted by Crippen LogP contribution is 2.29. The van der Waals surface area contributed by atoms with Crippen LogP contribution in [-0.2, 0) is 11.2 Å². The van der Waals surface area contributed by atoms with Gasteiger partial charge in [0, 0.05) is 34.7 Å². The van der Waals surface area contributed by atoms with Gasteiger partial charge in [-0.25, -0.2) is 0 Å². The average molecular weight is 381 g/mol. The molecule has 0 aliphatic rings. The second-order valence-electron chi connectivity index (χ2n) is 6.40. The van der Waals surface area contributed by atoms with Crippen molar-refractivity contribution in [1.82, 2.24) is 15.5 Å². The third kappa shape index (κ3) is 3.64. The highest BCUT2D eigenvalue weighted by atomic mass is 32.1. The Balaban J connectivity index is 1.37. The van der Waals surface area contributed by atoms with Gasteiger partial charge in [-0.05, 0) is 31.4 Å². The van der Waals surface area contributed by atoms with E-state index in [1.54, 1.807) is 11.3 Å². The summed E-state index contributed by atoms with van der Waals surface area (Å²) in [5.74, 6) is 1.71. The number of benzene rings is 1. The lowest BCUT2D eigenvalue weighted by molar-refractivity contribution is -0.121. The summed E-state index contributed by atoms with van der Waals surface area (Å²) in [4.78, 5) is 16.7. The fraction of sp³-hybridized carbons (Fsp3) is 0.250. The van der Waals surface area contributed by atoms with Crippen molar-refractivity contribution in [3.8, 4) is 11.4 Å². The molecule has 7 heteroatoms. The number of furan rings is 1. The summed E-state index contributed by atoms with van der Waals surface area (Å²) in [6.45, 7) is 3.93. The number of carbonyl (C=O) groups excluding carboxylic acids is 1. The molecule has 1 amide bonds. The fourth-order valence-electron chi connectivity index (χ4n) is 3.07. The van der Waals surface area contributed by atoms with Crippen LogP contribution in [0.1, 0.15) is 36.6 Å². The fourth-order valence-corrected chi connectivity index (χ4v) is 3.71. The first kappa shape index (κ1) is 17.5. The number of hydrogen-bond acceptors (Lipinski definition) is 6. The molecule has 1 aromatic carbocycles. The first-order chi connectivity index (χ1) is 13.1. The van der Waals surface area contributed by atoms with E-state index >= 15 is 0 Å². The summed E-state index contributed by atoms with van der Waals surface area (Å²) in [6, 6.07) is 9.59. The van der Waals surface area contributed by atoms with Gasteiger partial charge in [0.15, 0.2) is 0 Å². The number of aryl methyl sites for hydroxylation is 2. The molecule has 0 spiro atoms. The third-order valence-corrected chi connectivity index (χ3v) is 5.15. The van der Waals surface area contributed by atoms with Crippen molar-refractivity contribution in [3.63, 3.8) is 0 Å². The molecule has 0 aliphatic carbocycles. The number of rotatable bonds is 6. The quantitative estimate of drug-likeness (QED) is 0.525. The van der Waals surface area contributed by atoms with Crippen LogP contribution in [0.4, 0.5) is 0 Å². The number of carbonyl (C=O) groups is 1. The molecule has 0 fully saturated rings. The molecule has 138 valence electrons. The maximum absolute atomic E-state index is 12.3. The maximum atomic E-state index is 12.3. The standard InChI is InChI=1S/C20H19N3O3S/c1-12-15-5-3-4-6-16(15)25-19(12)13(2)21-17(24)7-8-18-22-20(23-26-18)14-9-10-27-11-14/h3-6,9-11,13H,7-8H2,1-2H3,(H,21,24). The van der Waals surface area contributed by atoms with Gasteiger partial charge in [-0.1, -0.05) is 23.4 Å². The zero-order chi connectivity index (χ0) is 18.8. The molecule has 0 saturated heterocycles. The highest BCUT2D eigenvalue weighted by molar-refractivity contribution is 7.08. The van der Waals surface area contributed by atoms with E-state index < -0.39 is 0 Å². The molecule has 4 rings (SSSR count). The van der Waals surface area contributed by atoms with Gasteiger partial charge in [-0.3, -0.25) is 4.79 Å². The molecule has 1 atom stereocenters. The molecule has 3 aromatic heterocycles. The van der Waals surface area contributed by atoms with E-state index in [4.69, 9.17) is 8.94 Å². The van der Waals surface area contributed by atoms with E-state index in [1.807, 2.05) is 54.9 Å². The van der Waals surface area contributed by atoms with Gasteiger partial charge in [0.05, 0.1) is 6.04 Å². The van der Waals surface area contributed by atoms with E-state index in [2.05, 4.69) is 15.5 Å². The van der Waals surface area contributed by atoms with E-state index in [0.717, 1.165) is 27.9 Å². The number of aromatic nitrogens is 2. The molecule has 1 N–H and O–H groups in total. The Morgan fingerprint density at radius 3 is 2.93 bits per heavy atom. The summed E-state index contributed by atoms with van der Waals surface area (Å²) in [7, 11) is 0. The number of hydrogen-bond donors (Lipinski definition) is 1. The largest absolute Gasteiger partial charge is 0.459 e. The van der Waals surface area contributed by atoms with E-state index in [9.17, 15) is 4.79 Å². The van der Waals surface area contributed by atoms with Crippen LogP contribution in [0.25, 0.3) is 22.4 Å². The predicted molar refractivity (Wildman–Crippen MR) is 103 cm³/mol. The van der Waals surface area contributed by atoms with Crippen molar-refractivity contribution in [2.24, 2.45) is 0 Å². The maximum Gasteiger partial charge on any atom is 0.227 e. The summed E-state index contributed by atoms with van der Waals surface area (Å²) in [5.41, 5.74) is 2.81. The molecule has 0 radical (unpaired) electrons. The minimum Gasteiger partial charge on any atom is -0.459 e. The second-order valence-corrected chi connectivity index (χ2v) is 7.18. The van der Waals surface area contributed by atoms with Gasteiger partial charge in [0.2, 0.25) is 17.6 Å². The van der Waals surface area contributed by atoms with Crippen LogP contribution in [0.15, 0.2) is 50.0 Å². The third-order valence-electron chi connectivity index (χ3n) is 4.46. The van der Waals surface area contributed by atoms with Crippen molar-refractivity contribution in [2.75, 3.05) is 0 Å². The Labute approximate surface area is 160 Å². The number of nitrogens with one attached hydrogen (secondary N) is 1. The van der Waals surface area contributed by atoms with Crippen molar-refractivity contribution < 1.29 is 13.7 Å². The summed E-state index contributed by atoms with van der Waals surface area (Å²) in [5, 5.41) is 11.9. The summed E-state index contributed by atoms with van der Waals surface area (Å²) < 4.78 is 11.1. The number of thiophene rings is 1. The molecule has 3 heterocycles. The minimum atomic E-state index is -0.214. The van der Waals surface area contributed by atoms with Crippen LogP contribution < -0.4 is 5.32 Å². The predicted octanol–water partition coefficient (Wildman–Crippen LogP) is 4.66. The number of para-hydroxylation sites is 1. The van der Waals surface area contributed by atoms with Crippen LogP contribution >= 0.6 is 11.3 Å². The monoisotopic (exact) mass is 381 g/mol. The second kappa shape index (κ2) is 7.36. The lowest BCUT2D eigenvalue weighted by Gasteiger charge is -2.12. The SMILES string of the molecule is Cc1c(C(C)NC(=O)CCc2nc(-c3ccsc3)no2)oc2ccccc12. The molecule has 6 nitrogen and oxygen atoms in total. The summed E-state index contributed by atoms with van der Waals surface area (Å²) in [6.07, 6.45) is 0.670. The van der Waals surface area contributed by atoms with Gasteiger partial charge in [-0.15, -0.1) is 0 Å². The van der Waals surface area contributed by atoms with Gasteiger partial charge >= 0.3 is 0 Å². The minimum absolute atomic E-state index is 0.0855. The Bertz CT molecular complexity index is 1070. The van der Waals surface area contributed by atoms with Gasteiger partial charge in [0.1, 0.15) is 11.3 Å². The van der Waals surface area contributed by atoms with E-state index in [-0.39, 0.29) is 18.4 Å². The smallest absolute Gasteiger partial charge is 0.227 e. The lowest BCUT2D eigenvalue weighted by Crippen LogP contribution is -2.27. The van der Waals surface area contributed by atoms with Gasteiger partial charge in [-0.2, -0.15) is 16.3 Å². The Kier molecular flexibility index (Phi) is 4.77. The van der Waals surface area contributed by atoms with E-state index in [0.29, 0.717) is 18.1 Å². The van der Waals surface area contributed by atoms with Gasteiger partial charge < -0.3 is 14.3 Å². The molecule has 0 saturated carbocycles. The lowest BCUT2D eigenvalue weighted by atomic mass is 10.1. The molecule has 0 aliphatic heterocycles. The first-order valence-corrected chi connectivity index (χ1v) is 9.68. The van der Waals surface area contributed by atoms with Crippen molar-refractivity contribution in [2.45, 2.75) is 32.7 Å². The van der Waals surface area contributed by atoms with Crippen molar-refractivity contribution in [1.29, 1.82) is 0 Å². The van der Waals surface area contributed by atoms with Crippen LogP contribution in [0.3, 0.4) is 0 Å². The van der Waals surface area contributed by atoms with Crippen LogP contribution in [-0.4, -0.2) is 16.0 Å². The zero-order valence-electron chi connectivity index (χ0n) is 15.1. The van der Waals surface area contributed by atoms with Crippen LogP contribution in [0.2, 0.25) is 0 Å². The average Bonchev–Trinajstić information content (AvgIpc) is 3.40. The van der Waals surface area contributed by atoms with Gasteiger partial charge in [0.25, 0.3) is 0 Å². The van der Waals surface area contributed by atoms with Crippen LogP contribution in [0, 0.1) is 6.92 Å². The number of fused-ring (bicyclic) bond motifs is 1. The highest BCUT2D eigenvalue weighted by Gasteiger charge is 2.19. The molecular weight excluding hydrogens is 362 g/mol. The molecule has 4 aromatic rings. The molecular formula is C20H19N3O3S.